The molecule has 1 fully saturated rings. The molecule has 1 aliphatic rings. The number of amides is 1. The molecule has 3 heterocycles. The molecule has 0 radical (unpaired) electrons. The van der Waals surface area contributed by atoms with Gasteiger partial charge in [0, 0.05) is 23.6 Å². The van der Waals surface area contributed by atoms with Crippen LogP contribution in [0, 0.1) is 5.92 Å². The summed E-state index contributed by atoms with van der Waals surface area (Å²) in [5.74, 6) is -1.44. The Balaban J connectivity index is 1.32. The van der Waals surface area contributed by atoms with Gasteiger partial charge in [0.1, 0.15) is 23.9 Å². The van der Waals surface area contributed by atoms with Crippen molar-refractivity contribution in [3.8, 4) is 5.75 Å². The molecule has 5 N–H and O–H groups in total. The van der Waals surface area contributed by atoms with E-state index in [0.29, 0.717) is 23.2 Å². The molecular formula is C26H29N7O8S2. The van der Waals surface area contributed by atoms with E-state index in [9.17, 15) is 18.0 Å². The highest BCUT2D eigenvalue weighted by Crippen LogP contribution is 2.40. The van der Waals surface area contributed by atoms with Gasteiger partial charge in [-0.3, -0.25) is 24.1 Å². The number of hydrogen-bond acceptors (Lipinski definition) is 13. The molecule has 228 valence electrons. The fraction of sp³-hybridized carbons (Fsp3) is 0.308. The van der Waals surface area contributed by atoms with E-state index in [-0.39, 0.29) is 36.2 Å². The summed E-state index contributed by atoms with van der Waals surface area (Å²) in [6.07, 6.45) is 1.34. The first-order valence-electron chi connectivity index (χ1n) is 12.7. The van der Waals surface area contributed by atoms with Crippen LogP contribution in [0.4, 0.5) is 5.13 Å². The molecular weight excluding hydrogens is 602 g/mol. The van der Waals surface area contributed by atoms with E-state index in [1.54, 1.807) is 30.5 Å². The van der Waals surface area contributed by atoms with Crippen LogP contribution in [-0.2, 0) is 35.7 Å². The van der Waals surface area contributed by atoms with Gasteiger partial charge in [-0.05, 0) is 50.2 Å². The summed E-state index contributed by atoms with van der Waals surface area (Å²) in [4.78, 5) is 43.6. The van der Waals surface area contributed by atoms with E-state index in [2.05, 4.69) is 24.4 Å². The third-order valence-corrected chi connectivity index (χ3v) is 7.36. The monoisotopic (exact) mass is 631 g/mol. The maximum absolute atomic E-state index is 13.2. The van der Waals surface area contributed by atoms with Crippen LogP contribution < -0.4 is 16.2 Å². The third-order valence-electron chi connectivity index (χ3n) is 6.35. The zero-order valence-corrected chi connectivity index (χ0v) is 24.7. The lowest BCUT2D eigenvalue weighted by atomic mass is 9.74. The van der Waals surface area contributed by atoms with Gasteiger partial charge in [-0.25, -0.2) is 4.98 Å². The highest BCUT2D eigenvalue weighted by atomic mass is 32.3. The average molecular weight is 632 g/mol. The maximum atomic E-state index is 13.2. The van der Waals surface area contributed by atoms with E-state index >= 15 is 0 Å². The van der Waals surface area contributed by atoms with Crippen LogP contribution in [-0.4, -0.2) is 70.0 Å². The second kappa shape index (κ2) is 13.2. The van der Waals surface area contributed by atoms with Crippen molar-refractivity contribution in [2.75, 3.05) is 18.9 Å². The number of carbonyl (C=O) groups excluding carboxylic acids is 2. The number of Topliss-reactive ketones (excluding diaryl/α,β-unsaturated/α-hetero) is 1. The van der Waals surface area contributed by atoms with E-state index in [0.717, 1.165) is 22.6 Å². The molecule has 4 rings (SSSR count). The first-order valence-corrected chi connectivity index (χ1v) is 15.0. The van der Waals surface area contributed by atoms with Crippen LogP contribution in [0.15, 0.2) is 64.2 Å². The van der Waals surface area contributed by atoms with Crippen LogP contribution in [0.1, 0.15) is 37.2 Å². The van der Waals surface area contributed by atoms with Crippen LogP contribution in [0.3, 0.4) is 0 Å². The van der Waals surface area contributed by atoms with Gasteiger partial charge in [-0.15, -0.1) is 15.6 Å². The minimum Gasteiger partial charge on any atom is -0.490 e. The lowest BCUT2D eigenvalue weighted by Gasteiger charge is -2.50. The zero-order chi connectivity index (χ0) is 31.2. The number of oxime groups is 1. The van der Waals surface area contributed by atoms with Crippen molar-refractivity contribution < 1.29 is 36.4 Å². The Morgan fingerprint density at radius 3 is 2.53 bits per heavy atom. The fourth-order valence-corrected chi connectivity index (χ4v) is 5.07. The van der Waals surface area contributed by atoms with Crippen LogP contribution in [0.25, 0.3) is 0 Å². The second-order valence-electron chi connectivity index (χ2n) is 9.71. The number of carbonyl (C=O) groups is 2. The van der Waals surface area contributed by atoms with Gasteiger partial charge in [0.15, 0.2) is 23.2 Å². The molecule has 43 heavy (non-hydrogen) atoms. The fourth-order valence-electron chi connectivity index (χ4n) is 4.06. The Morgan fingerprint density at radius 1 is 1.19 bits per heavy atom. The number of benzene rings is 1. The largest absolute Gasteiger partial charge is 0.490 e. The van der Waals surface area contributed by atoms with Crippen molar-refractivity contribution in [2.24, 2.45) is 21.8 Å². The summed E-state index contributed by atoms with van der Waals surface area (Å²) >= 11 is 1.08. The van der Waals surface area contributed by atoms with Crippen molar-refractivity contribution >= 4 is 50.1 Å². The minimum atomic E-state index is -4.92. The second-order valence-corrected chi connectivity index (χ2v) is 11.6. The van der Waals surface area contributed by atoms with Gasteiger partial charge in [0.2, 0.25) is 0 Å². The van der Waals surface area contributed by atoms with Crippen molar-refractivity contribution in [2.45, 2.75) is 32.4 Å². The molecule has 0 saturated carbocycles. The number of ketones is 1. The van der Waals surface area contributed by atoms with Crippen molar-refractivity contribution in [3.63, 3.8) is 0 Å². The lowest BCUT2D eigenvalue weighted by molar-refractivity contribution is -0.228. The number of hydrogen-bond donors (Lipinski definition) is 3. The maximum Gasteiger partial charge on any atom is 0.418 e. The Hall–Kier alpha value is -4.45. The van der Waals surface area contributed by atoms with Crippen molar-refractivity contribution in [3.05, 3.63) is 71.0 Å². The summed E-state index contributed by atoms with van der Waals surface area (Å²) in [7, 11) is -4.92. The average Bonchev–Trinajstić information content (AvgIpc) is 3.40. The number of nitrogens with zero attached hydrogens (tertiary/aromatic N) is 5. The van der Waals surface area contributed by atoms with Crippen LogP contribution in [0.5, 0.6) is 5.75 Å². The summed E-state index contributed by atoms with van der Waals surface area (Å²) < 4.78 is 41.0. The molecule has 2 aromatic heterocycles. The molecule has 15 nitrogen and oxygen atoms in total. The quantitative estimate of drug-likeness (QED) is 0.0578. The zero-order valence-electron chi connectivity index (χ0n) is 23.1. The van der Waals surface area contributed by atoms with Crippen molar-refractivity contribution in [1.29, 1.82) is 0 Å². The van der Waals surface area contributed by atoms with Gasteiger partial charge in [0.25, 0.3) is 5.91 Å². The normalized spacial score (nSPS) is 17.0. The number of nitrogens with two attached hydrogens (primary N) is 2. The molecule has 3 aromatic rings. The predicted octanol–water partition coefficient (Wildman–Crippen LogP) is 1.76. The number of ether oxygens (including phenoxy) is 1. The Labute approximate surface area is 251 Å². The predicted molar refractivity (Wildman–Crippen MR) is 156 cm³/mol. The summed E-state index contributed by atoms with van der Waals surface area (Å²) in [5.41, 5.74) is 12.1. The topological polar surface area (TPSA) is 222 Å². The standard InChI is InChI=1S/C26H29N7O8S2/c1-26(2)19(24(35)33(26)41-43(36,37)38)13-21(34)22(20-15-42-25(28)31-20)32-40-12-11-39-18-8-6-16(7-9-18)23(27)30-14-17-5-3-4-10-29-17/h3-10,15,19H,11-14H2,1-2H3,(H2,27,30)(H2,28,31)(H,36,37,38)/b32-22-. The third kappa shape index (κ3) is 8.10. The highest BCUT2D eigenvalue weighted by molar-refractivity contribution is 7.80. The lowest BCUT2D eigenvalue weighted by Crippen LogP contribution is -2.68. The molecule has 1 saturated heterocycles. The summed E-state index contributed by atoms with van der Waals surface area (Å²) in [6, 6.07) is 12.5. The van der Waals surface area contributed by atoms with E-state index in [1.165, 1.54) is 19.2 Å². The molecule has 17 heteroatoms. The first-order chi connectivity index (χ1) is 20.3. The van der Waals surface area contributed by atoms with E-state index < -0.39 is 33.5 Å². The summed E-state index contributed by atoms with van der Waals surface area (Å²) in [6.45, 7) is 3.38. The van der Waals surface area contributed by atoms with Crippen LogP contribution >= 0.6 is 11.3 Å². The molecule has 1 unspecified atom stereocenters. The minimum absolute atomic E-state index is 0.0321. The number of hydroxylamine groups is 2. The number of amidine groups is 1. The molecule has 0 spiro atoms. The van der Waals surface area contributed by atoms with Gasteiger partial charge in [0.05, 0.1) is 23.7 Å². The van der Waals surface area contributed by atoms with Crippen molar-refractivity contribution in [1.82, 2.24) is 15.0 Å². The van der Waals surface area contributed by atoms with Gasteiger partial charge in [-0.2, -0.15) is 13.5 Å². The molecule has 1 amide bonds. The van der Waals surface area contributed by atoms with Crippen LogP contribution in [0.2, 0.25) is 0 Å². The Kier molecular flexibility index (Phi) is 9.70. The molecule has 1 aromatic carbocycles. The van der Waals surface area contributed by atoms with Gasteiger partial charge >= 0.3 is 10.4 Å². The smallest absolute Gasteiger partial charge is 0.418 e. The number of rotatable bonds is 14. The number of pyridine rings is 1. The molecule has 1 atom stereocenters. The number of anilines is 1. The SMILES string of the molecule is CC1(C)C(CC(=O)/C(=N\OCCOc2ccc(C(N)=NCc3ccccn3)cc2)c2csc(N)n2)C(=O)N1OS(=O)(=O)O. The van der Waals surface area contributed by atoms with E-state index in [4.69, 9.17) is 25.6 Å². The first kappa shape index (κ1) is 31.5. The highest BCUT2D eigenvalue weighted by Gasteiger charge is 2.57. The van der Waals surface area contributed by atoms with E-state index in [1.807, 2.05) is 18.2 Å². The number of aliphatic imine (C=N–C) groups is 1. The molecule has 0 bridgehead atoms. The number of thiazole rings is 1. The Morgan fingerprint density at radius 2 is 1.93 bits per heavy atom. The van der Waals surface area contributed by atoms with Gasteiger partial charge in [-0.1, -0.05) is 11.2 Å². The molecule has 1 aliphatic heterocycles. The number of aromatic nitrogens is 2. The summed E-state index contributed by atoms with van der Waals surface area (Å²) in [5, 5.41) is 6.14. The molecule has 0 aliphatic carbocycles. The Bertz CT molecular complexity index is 1620. The number of nitrogen functional groups attached to an aromatic ring is 1. The van der Waals surface area contributed by atoms with Gasteiger partial charge < -0.3 is 21.0 Å². The number of β-lactam (4-membered cyclic amide) rings is 1.